The molecule has 3 heterocycles. The maximum Gasteiger partial charge on any atom is 0.312 e. The number of aliphatic hydroxyl groups excluding tert-OH is 1. The van der Waals surface area contributed by atoms with E-state index in [1.165, 1.54) is 4.90 Å². The van der Waals surface area contributed by atoms with Crippen LogP contribution in [0, 0.1) is 11.8 Å². The first kappa shape index (κ1) is 25.6. The van der Waals surface area contributed by atoms with Crippen LogP contribution in [0.1, 0.15) is 71.4 Å². The van der Waals surface area contributed by atoms with Crippen LogP contribution in [0.15, 0.2) is 30.3 Å². The van der Waals surface area contributed by atoms with Gasteiger partial charge in [0.2, 0.25) is 11.8 Å². The number of rotatable bonds is 10. The normalized spacial score (nSPS) is 32.9. The van der Waals surface area contributed by atoms with Crippen molar-refractivity contribution in [2.24, 2.45) is 11.8 Å². The van der Waals surface area contributed by atoms with Gasteiger partial charge in [0.25, 0.3) is 0 Å². The fraction of sp³-hybridized carbons (Fsp3) is 0.667. The highest BCUT2D eigenvalue weighted by Gasteiger charge is 2.79. The van der Waals surface area contributed by atoms with Gasteiger partial charge in [-0.05, 0) is 45.1 Å². The molecule has 8 nitrogen and oxygen atoms in total. The van der Waals surface area contributed by atoms with Gasteiger partial charge in [0, 0.05) is 6.04 Å². The van der Waals surface area contributed by atoms with E-state index >= 15 is 0 Å². The number of nitrogens with one attached hydrogen (secondary N) is 1. The molecule has 0 aromatic heterocycles. The fourth-order valence-corrected chi connectivity index (χ4v) is 6.74. The number of hydrogen-bond acceptors (Lipinski definition) is 6. The van der Waals surface area contributed by atoms with Crippen molar-refractivity contribution in [2.75, 3.05) is 13.2 Å². The van der Waals surface area contributed by atoms with E-state index in [0.717, 1.165) is 18.4 Å². The Morgan fingerprint density at radius 2 is 1.94 bits per heavy atom. The van der Waals surface area contributed by atoms with Gasteiger partial charge in [-0.1, -0.05) is 50.6 Å². The van der Waals surface area contributed by atoms with Gasteiger partial charge in [0.15, 0.2) is 0 Å². The van der Waals surface area contributed by atoms with E-state index in [-0.39, 0.29) is 31.1 Å². The molecule has 7 atom stereocenters. The number of esters is 1. The van der Waals surface area contributed by atoms with Crippen LogP contribution < -0.4 is 5.32 Å². The van der Waals surface area contributed by atoms with Crippen LogP contribution in [0.4, 0.5) is 0 Å². The van der Waals surface area contributed by atoms with Gasteiger partial charge in [-0.2, -0.15) is 0 Å². The second-order valence-electron chi connectivity index (χ2n) is 10.1. The number of hydrogen-bond donors (Lipinski definition) is 2. The van der Waals surface area contributed by atoms with Crippen LogP contribution in [0.25, 0.3) is 0 Å². The van der Waals surface area contributed by atoms with Gasteiger partial charge in [-0.15, -0.1) is 0 Å². The van der Waals surface area contributed by atoms with Gasteiger partial charge < -0.3 is 24.8 Å². The molecule has 0 saturated carbocycles. The van der Waals surface area contributed by atoms with Crippen molar-refractivity contribution in [2.45, 2.75) is 89.1 Å². The standard InChI is InChI=1S/C27H38N2O6/c1-5-11-17(4)28-23(31)22-27-15-14-26(6-2,35-27)21(25(33)34-7-3)20(27)24(32)29(22)19(16-30)18-12-9-8-10-13-18/h8-10,12-13,17,19-22,30H,5-7,11,14-16H2,1-4H3,(H,28,31)/t17?,19-,20+,21+,22?,26-,27?/m1/s1. The summed E-state index contributed by atoms with van der Waals surface area (Å²) in [6.45, 7) is 7.54. The quantitative estimate of drug-likeness (QED) is 0.493. The third kappa shape index (κ3) is 3.95. The summed E-state index contributed by atoms with van der Waals surface area (Å²) in [7, 11) is 0. The average molecular weight is 487 g/mol. The highest BCUT2D eigenvalue weighted by Crippen LogP contribution is 2.65. The lowest BCUT2D eigenvalue weighted by Gasteiger charge is -2.38. The van der Waals surface area contributed by atoms with Crippen LogP contribution in [-0.2, 0) is 23.9 Å². The number of carbonyl (C=O) groups excluding carboxylic acids is 3. The van der Waals surface area contributed by atoms with E-state index in [4.69, 9.17) is 9.47 Å². The van der Waals surface area contributed by atoms with Crippen molar-refractivity contribution in [3.8, 4) is 0 Å². The van der Waals surface area contributed by atoms with Crippen molar-refractivity contribution in [1.29, 1.82) is 0 Å². The van der Waals surface area contributed by atoms with Crippen LogP contribution in [0.2, 0.25) is 0 Å². The molecule has 3 unspecified atom stereocenters. The molecule has 2 amide bonds. The molecular formula is C27H38N2O6. The number of ether oxygens (including phenoxy) is 2. The smallest absolute Gasteiger partial charge is 0.312 e. The third-order valence-electron chi connectivity index (χ3n) is 8.21. The zero-order valence-corrected chi connectivity index (χ0v) is 21.2. The van der Waals surface area contributed by atoms with E-state index in [0.29, 0.717) is 19.3 Å². The summed E-state index contributed by atoms with van der Waals surface area (Å²) in [5.74, 6) is -2.69. The average Bonchev–Trinajstić information content (AvgIpc) is 3.44. The molecule has 1 aromatic rings. The van der Waals surface area contributed by atoms with E-state index < -0.39 is 41.1 Å². The van der Waals surface area contributed by atoms with E-state index in [9.17, 15) is 19.5 Å². The summed E-state index contributed by atoms with van der Waals surface area (Å²) in [4.78, 5) is 42.8. The van der Waals surface area contributed by atoms with Crippen molar-refractivity contribution in [1.82, 2.24) is 10.2 Å². The Morgan fingerprint density at radius 3 is 2.54 bits per heavy atom. The highest BCUT2D eigenvalue weighted by atomic mass is 16.6. The zero-order valence-electron chi connectivity index (χ0n) is 21.2. The van der Waals surface area contributed by atoms with Gasteiger partial charge in [-0.3, -0.25) is 14.4 Å². The first-order chi connectivity index (χ1) is 16.8. The van der Waals surface area contributed by atoms with Crippen LogP contribution in [0.5, 0.6) is 0 Å². The van der Waals surface area contributed by atoms with E-state index in [2.05, 4.69) is 12.2 Å². The lowest BCUT2D eigenvalue weighted by Crippen LogP contribution is -2.57. The molecule has 3 fully saturated rings. The number of fused-ring (bicyclic) bond motifs is 1. The predicted octanol–water partition coefficient (Wildman–Crippen LogP) is 2.74. The Hall–Kier alpha value is -2.45. The molecule has 2 N–H and O–H groups in total. The lowest BCUT2D eigenvalue weighted by atomic mass is 9.65. The van der Waals surface area contributed by atoms with Crippen molar-refractivity contribution in [3.05, 3.63) is 35.9 Å². The maximum absolute atomic E-state index is 14.2. The topological polar surface area (TPSA) is 105 Å². The van der Waals surface area contributed by atoms with Gasteiger partial charge >= 0.3 is 5.97 Å². The van der Waals surface area contributed by atoms with Gasteiger partial charge in [-0.25, -0.2) is 0 Å². The van der Waals surface area contributed by atoms with E-state index in [1.54, 1.807) is 6.92 Å². The molecule has 0 radical (unpaired) electrons. The third-order valence-corrected chi connectivity index (χ3v) is 8.21. The number of nitrogens with zero attached hydrogens (tertiary/aromatic N) is 1. The molecule has 4 rings (SSSR count). The van der Waals surface area contributed by atoms with Crippen LogP contribution >= 0.6 is 0 Å². The largest absolute Gasteiger partial charge is 0.466 e. The molecule has 192 valence electrons. The number of likely N-dealkylation sites (tertiary alicyclic amines) is 1. The van der Waals surface area contributed by atoms with Crippen molar-refractivity contribution < 1.29 is 29.0 Å². The molecule has 0 aliphatic carbocycles. The fourth-order valence-electron chi connectivity index (χ4n) is 6.74. The minimum atomic E-state index is -1.14. The van der Waals surface area contributed by atoms with Crippen molar-refractivity contribution >= 4 is 17.8 Å². The minimum Gasteiger partial charge on any atom is -0.466 e. The monoisotopic (exact) mass is 486 g/mol. The molecule has 2 bridgehead atoms. The number of carbonyl (C=O) groups is 3. The summed E-state index contributed by atoms with van der Waals surface area (Å²) in [6, 6.07) is 7.45. The SMILES string of the molecule is CCCC(C)NC(=O)C1N([C@H](CO)c2ccccc2)C(=O)[C@@H]2[C@@H](C(=O)OCC)[C@@]3(CC)CCC12O3. The number of aliphatic hydroxyl groups is 1. The van der Waals surface area contributed by atoms with Gasteiger partial charge in [0.1, 0.15) is 17.6 Å². The Bertz CT molecular complexity index is 954. The molecule has 8 heteroatoms. The molecule has 1 aromatic carbocycles. The molecule has 3 aliphatic heterocycles. The lowest BCUT2D eigenvalue weighted by molar-refractivity contribution is -0.162. The minimum absolute atomic E-state index is 0.0798. The summed E-state index contributed by atoms with van der Waals surface area (Å²) < 4.78 is 12.1. The molecular weight excluding hydrogens is 448 g/mol. The second-order valence-corrected chi connectivity index (χ2v) is 10.1. The molecule has 3 aliphatic rings. The Labute approximate surface area is 207 Å². The van der Waals surface area contributed by atoms with Crippen LogP contribution in [-0.4, -0.2) is 64.3 Å². The first-order valence-electron chi connectivity index (χ1n) is 12.9. The summed E-state index contributed by atoms with van der Waals surface area (Å²) >= 11 is 0. The maximum atomic E-state index is 14.2. The number of amides is 2. The zero-order chi connectivity index (χ0) is 25.4. The molecule has 35 heavy (non-hydrogen) atoms. The molecule has 3 saturated heterocycles. The summed E-state index contributed by atoms with van der Waals surface area (Å²) in [6.07, 6.45) is 3.33. The first-order valence-corrected chi connectivity index (χ1v) is 12.9. The Morgan fingerprint density at radius 1 is 1.23 bits per heavy atom. The van der Waals surface area contributed by atoms with Gasteiger partial charge in [0.05, 0.1) is 30.8 Å². The Kier molecular flexibility index (Phi) is 7.25. The van der Waals surface area contributed by atoms with E-state index in [1.807, 2.05) is 44.2 Å². The highest BCUT2D eigenvalue weighted by molar-refractivity contribution is 5.98. The Balaban J connectivity index is 1.82. The second kappa shape index (κ2) is 9.90. The molecule has 1 spiro atoms. The van der Waals surface area contributed by atoms with Crippen LogP contribution in [0.3, 0.4) is 0 Å². The number of benzene rings is 1. The van der Waals surface area contributed by atoms with Crippen molar-refractivity contribution in [3.63, 3.8) is 0 Å². The predicted molar refractivity (Wildman–Crippen MR) is 129 cm³/mol. The summed E-state index contributed by atoms with van der Waals surface area (Å²) in [5.41, 5.74) is -1.23. The summed E-state index contributed by atoms with van der Waals surface area (Å²) in [5, 5.41) is 13.5.